The number of hydrogen-bond donors (Lipinski definition) is 1. The van der Waals surface area contributed by atoms with Crippen LogP contribution in [0, 0.1) is 0 Å². The van der Waals surface area contributed by atoms with Crippen molar-refractivity contribution in [3.05, 3.63) is 11.7 Å². The van der Waals surface area contributed by atoms with Gasteiger partial charge in [-0.2, -0.15) is 4.98 Å². The van der Waals surface area contributed by atoms with Crippen LogP contribution in [-0.2, 0) is 16.0 Å². The van der Waals surface area contributed by atoms with E-state index in [0.29, 0.717) is 31.1 Å². The minimum absolute atomic E-state index is 0.000188. The standard InChI is InChI=1S/C13H21N3O3/c1-9(2)13-15-12(19-16-13)6-5-11(17)14-8-10-4-3-7-18-10/h9-10H,3-8H2,1-2H3,(H,14,17)/t10-/m1/s1. The van der Waals surface area contributed by atoms with E-state index in [1.807, 2.05) is 13.8 Å². The second kappa shape index (κ2) is 6.65. The van der Waals surface area contributed by atoms with E-state index in [9.17, 15) is 4.79 Å². The van der Waals surface area contributed by atoms with E-state index in [1.54, 1.807) is 0 Å². The molecule has 1 saturated heterocycles. The van der Waals surface area contributed by atoms with Gasteiger partial charge < -0.3 is 14.6 Å². The van der Waals surface area contributed by atoms with Crippen molar-refractivity contribution in [1.82, 2.24) is 15.5 Å². The average molecular weight is 267 g/mol. The van der Waals surface area contributed by atoms with E-state index in [2.05, 4.69) is 15.5 Å². The molecule has 0 bridgehead atoms. The summed E-state index contributed by atoms with van der Waals surface area (Å²) >= 11 is 0. The molecule has 0 unspecified atom stereocenters. The third-order valence-corrected chi connectivity index (χ3v) is 3.12. The predicted molar refractivity (Wildman–Crippen MR) is 68.7 cm³/mol. The SMILES string of the molecule is CC(C)c1noc(CCC(=O)NC[C@H]2CCCO2)n1. The number of aromatic nitrogens is 2. The molecule has 1 N–H and O–H groups in total. The normalized spacial score (nSPS) is 19.0. The first kappa shape index (κ1) is 14.0. The minimum Gasteiger partial charge on any atom is -0.376 e. The molecule has 2 rings (SSSR count). The molecule has 1 amide bonds. The number of amides is 1. The molecule has 1 atom stereocenters. The predicted octanol–water partition coefficient (Wildman–Crippen LogP) is 1.42. The van der Waals surface area contributed by atoms with Crippen molar-refractivity contribution in [2.24, 2.45) is 0 Å². The topological polar surface area (TPSA) is 77.2 Å². The van der Waals surface area contributed by atoms with Gasteiger partial charge in [0.25, 0.3) is 0 Å². The highest BCUT2D eigenvalue weighted by atomic mass is 16.5. The van der Waals surface area contributed by atoms with Crippen molar-refractivity contribution in [2.45, 2.75) is 51.6 Å². The Morgan fingerprint density at radius 2 is 2.37 bits per heavy atom. The van der Waals surface area contributed by atoms with Crippen molar-refractivity contribution < 1.29 is 14.1 Å². The molecule has 0 saturated carbocycles. The molecule has 1 aromatic rings. The first-order valence-corrected chi connectivity index (χ1v) is 6.86. The molecule has 1 aliphatic heterocycles. The zero-order chi connectivity index (χ0) is 13.7. The lowest BCUT2D eigenvalue weighted by Crippen LogP contribution is -2.31. The van der Waals surface area contributed by atoms with Crippen LogP contribution in [0.15, 0.2) is 4.52 Å². The maximum Gasteiger partial charge on any atom is 0.227 e. The van der Waals surface area contributed by atoms with Gasteiger partial charge >= 0.3 is 0 Å². The Morgan fingerprint density at radius 3 is 3.00 bits per heavy atom. The van der Waals surface area contributed by atoms with Crippen LogP contribution in [0.5, 0.6) is 0 Å². The number of carbonyl (C=O) groups is 1. The summed E-state index contributed by atoms with van der Waals surface area (Å²) in [5.41, 5.74) is 0. The summed E-state index contributed by atoms with van der Waals surface area (Å²) in [5.74, 6) is 1.45. The highest BCUT2D eigenvalue weighted by Crippen LogP contribution is 2.11. The molecular formula is C13H21N3O3. The van der Waals surface area contributed by atoms with Gasteiger partial charge in [0.05, 0.1) is 6.10 Å². The van der Waals surface area contributed by atoms with Crippen molar-refractivity contribution in [3.63, 3.8) is 0 Å². The van der Waals surface area contributed by atoms with E-state index in [-0.39, 0.29) is 17.9 Å². The van der Waals surface area contributed by atoms with Gasteiger partial charge in [0.15, 0.2) is 5.82 Å². The summed E-state index contributed by atoms with van der Waals surface area (Å²) in [6.45, 7) is 5.41. The smallest absolute Gasteiger partial charge is 0.227 e. The monoisotopic (exact) mass is 267 g/mol. The van der Waals surface area contributed by atoms with Gasteiger partial charge in [-0.3, -0.25) is 4.79 Å². The molecular weight excluding hydrogens is 246 g/mol. The fourth-order valence-corrected chi connectivity index (χ4v) is 1.95. The highest BCUT2D eigenvalue weighted by Gasteiger charge is 2.16. The fraction of sp³-hybridized carbons (Fsp3) is 0.769. The number of aryl methyl sites for hydroxylation is 1. The number of carbonyl (C=O) groups excluding carboxylic acids is 1. The molecule has 1 aliphatic rings. The van der Waals surface area contributed by atoms with Crippen LogP contribution in [0.4, 0.5) is 0 Å². The second-order valence-electron chi connectivity index (χ2n) is 5.14. The zero-order valence-corrected chi connectivity index (χ0v) is 11.5. The lowest BCUT2D eigenvalue weighted by Gasteiger charge is -2.09. The molecule has 6 nitrogen and oxygen atoms in total. The number of nitrogens with one attached hydrogen (secondary N) is 1. The molecule has 2 heterocycles. The summed E-state index contributed by atoms with van der Waals surface area (Å²) in [5, 5.41) is 6.74. The Labute approximate surface area is 112 Å². The highest BCUT2D eigenvalue weighted by molar-refractivity contribution is 5.76. The van der Waals surface area contributed by atoms with E-state index in [0.717, 1.165) is 19.4 Å². The Bertz CT molecular complexity index is 411. The van der Waals surface area contributed by atoms with Crippen LogP contribution < -0.4 is 5.32 Å². The van der Waals surface area contributed by atoms with Gasteiger partial charge in [0, 0.05) is 31.9 Å². The lowest BCUT2D eigenvalue weighted by atomic mass is 10.2. The van der Waals surface area contributed by atoms with Crippen LogP contribution in [0.2, 0.25) is 0 Å². The zero-order valence-electron chi connectivity index (χ0n) is 11.5. The molecule has 0 aliphatic carbocycles. The Balaban J connectivity index is 1.67. The van der Waals surface area contributed by atoms with E-state index in [4.69, 9.17) is 9.26 Å². The summed E-state index contributed by atoms with van der Waals surface area (Å²) in [7, 11) is 0. The summed E-state index contributed by atoms with van der Waals surface area (Å²) < 4.78 is 10.5. The molecule has 6 heteroatoms. The maximum atomic E-state index is 11.7. The van der Waals surface area contributed by atoms with Gasteiger partial charge in [0.2, 0.25) is 11.8 Å². The third-order valence-electron chi connectivity index (χ3n) is 3.12. The molecule has 0 spiro atoms. The number of ether oxygens (including phenoxy) is 1. The molecule has 0 radical (unpaired) electrons. The van der Waals surface area contributed by atoms with Crippen LogP contribution >= 0.6 is 0 Å². The number of nitrogens with zero attached hydrogens (tertiary/aromatic N) is 2. The summed E-state index contributed by atoms with van der Waals surface area (Å²) in [6, 6.07) is 0. The summed E-state index contributed by atoms with van der Waals surface area (Å²) in [4.78, 5) is 15.9. The second-order valence-corrected chi connectivity index (χ2v) is 5.14. The third kappa shape index (κ3) is 4.31. The number of rotatable bonds is 6. The first-order valence-electron chi connectivity index (χ1n) is 6.86. The van der Waals surface area contributed by atoms with Gasteiger partial charge in [0.1, 0.15) is 0 Å². The largest absolute Gasteiger partial charge is 0.376 e. The molecule has 1 aromatic heterocycles. The molecule has 0 aromatic carbocycles. The van der Waals surface area contributed by atoms with Gasteiger partial charge in [-0.25, -0.2) is 0 Å². The van der Waals surface area contributed by atoms with Crippen molar-refractivity contribution in [2.75, 3.05) is 13.2 Å². The van der Waals surface area contributed by atoms with E-state index < -0.39 is 0 Å². The minimum atomic E-state index is -0.000188. The molecule has 19 heavy (non-hydrogen) atoms. The van der Waals surface area contributed by atoms with Gasteiger partial charge in [-0.05, 0) is 12.8 Å². The van der Waals surface area contributed by atoms with Crippen LogP contribution in [0.25, 0.3) is 0 Å². The fourth-order valence-electron chi connectivity index (χ4n) is 1.95. The quantitative estimate of drug-likeness (QED) is 0.843. The summed E-state index contributed by atoms with van der Waals surface area (Å²) in [6.07, 6.45) is 3.14. The molecule has 1 fully saturated rings. The van der Waals surface area contributed by atoms with Gasteiger partial charge in [-0.1, -0.05) is 19.0 Å². The molecule has 106 valence electrons. The Kier molecular flexibility index (Phi) is 4.90. The van der Waals surface area contributed by atoms with Crippen molar-refractivity contribution >= 4 is 5.91 Å². The van der Waals surface area contributed by atoms with Crippen molar-refractivity contribution in [3.8, 4) is 0 Å². The van der Waals surface area contributed by atoms with Crippen LogP contribution in [-0.4, -0.2) is 35.3 Å². The Hall–Kier alpha value is -1.43. The average Bonchev–Trinajstić information content (AvgIpc) is 3.05. The van der Waals surface area contributed by atoms with Crippen molar-refractivity contribution in [1.29, 1.82) is 0 Å². The maximum absolute atomic E-state index is 11.7. The lowest BCUT2D eigenvalue weighted by molar-refractivity contribution is -0.121. The van der Waals surface area contributed by atoms with E-state index in [1.165, 1.54) is 0 Å². The van der Waals surface area contributed by atoms with Crippen LogP contribution in [0.1, 0.15) is 50.7 Å². The number of hydrogen-bond acceptors (Lipinski definition) is 5. The van der Waals surface area contributed by atoms with E-state index >= 15 is 0 Å². The van der Waals surface area contributed by atoms with Gasteiger partial charge in [-0.15, -0.1) is 0 Å². The Morgan fingerprint density at radius 1 is 1.53 bits per heavy atom. The first-order chi connectivity index (χ1) is 9.15. The van der Waals surface area contributed by atoms with Crippen LogP contribution in [0.3, 0.4) is 0 Å².